The molecule has 0 aromatic rings. The Morgan fingerprint density at radius 2 is 2.50 bits per heavy atom. The molecular weight excluding hydrogens is 270 g/mol. The Morgan fingerprint density at radius 1 is 1.62 bits per heavy atom. The summed E-state index contributed by atoms with van der Waals surface area (Å²) < 4.78 is 1.47. The van der Waals surface area contributed by atoms with Gasteiger partial charge in [-0.1, -0.05) is 0 Å². The number of hydrogen-bond donors (Lipinski definition) is 1. The average Bonchev–Trinajstić information content (AvgIpc) is 1.94. The first-order valence-electron chi connectivity index (χ1n) is 2.84. The Bertz CT molecular complexity index is 118. The van der Waals surface area contributed by atoms with Gasteiger partial charge in [0, 0.05) is 0 Å². The second-order valence-corrected chi connectivity index (χ2v) is 3.63. The van der Waals surface area contributed by atoms with E-state index >= 15 is 0 Å². The van der Waals surface area contributed by atoms with Gasteiger partial charge >= 0.3 is 60.2 Å². The van der Waals surface area contributed by atoms with Crippen LogP contribution < -0.4 is 5.32 Å². The fourth-order valence-corrected chi connectivity index (χ4v) is 1.45. The summed E-state index contributed by atoms with van der Waals surface area (Å²) in [5.74, 6) is 0. The molecule has 0 fully saturated rings. The van der Waals surface area contributed by atoms with Crippen molar-refractivity contribution < 1.29 is 19.4 Å². The van der Waals surface area contributed by atoms with E-state index in [2.05, 4.69) is 17.6 Å². The molecular formula is C6H9NW. The molecule has 1 nitrogen and oxygen atoms in total. The van der Waals surface area contributed by atoms with Crippen LogP contribution in [-0.4, -0.2) is 4.02 Å². The van der Waals surface area contributed by atoms with Crippen molar-refractivity contribution in [2.45, 2.75) is 19.3 Å². The van der Waals surface area contributed by atoms with Crippen LogP contribution in [0.1, 0.15) is 19.3 Å². The van der Waals surface area contributed by atoms with Crippen LogP contribution in [0.3, 0.4) is 0 Å². The molecule has 0 radical (unpaired) electrons. The third kappa shape index (κ3) is 1.91. The molecule has 0 bridgehead atoms. The van der Waals surface area contributed by atoms with Gasteiger partial charge in [0.25, 0.3) is 0 Å². The van der Waals surface area contributed by atoms with E-state index in [0.717, 1.165) is 0 Å². The second-order valence-electron chi connectivity index (χ2n) is 1.86. The van der Waals surface area contributed by atoms with E-state index in [0.29, 0.717) is 0 Å². The molecule has 0 saturated carbocycles. The van der Waals surface area contributed by atoms with Crippen LogP contribution in [0.5, 0.6) is 0 Å². The summed E-state index contributed by atoms with van der Waals surface area (Å²) in [7, 11) is 0. The van der Waals surface area contributed by atoms with Crippen LogP contribution >= 0.6 is 0 Å². The van der Waals surface area contributed by atoms with Crippen molar-refractivity contribution in [1.29, 1.82) is 0 Å². The standard InChI is InChI=1S/C6H9N.W/c1-2-4-6-7-5-3-1;/h3,5,7H,1-2,4H2;. The Kier molecular flexibility index (Phi) is 2.48. The summed E-state index contributed by atoms with van der Waals surface area (Å²) in [5, 5.41) is 3.22. The molecule has 44 valence electrons. The molecule has 1 heterocycles. The zero-order chi connectivity index (χ0) is 5.82. The summed E-state index contributed by atoms with van der Waals surface area (Å²) in [5.41, 5.74) is 0. The first-order chi connectivity index (χ1) is 3.89. The molecule has 2 heteroatoms. The molecule has 1 aliphatic heterocycles. The van der Waals surface area contributed by atoms with Gasteiger partial charge in [-0.15, -0.1) is 0 Å². The van der Waals surface area contributed by atoms with Crippen LogP contribution in [0.25, 0.3) is 0 Å². The normalized spacial score (nSPS) is 19.8. The van der Waals surface area contributed by atoms with Crippen molar-refractivity contribution in [3.05, 3.63) is 12.3 Å². The molecule has 0 aromatic carbocycles. The first kappa shape index (κ1) is 6.22. The van der Waals surface area contributed by atoms with Gasteiger partial charge in [-0.3, -0.25) is 0 Å². The number of rotatable bonds is 0. The quantitative estimate of drug-likeness (QED) is 0.696. The van der Waals surface area contributed by atoms with E-state index in [9.17, 15) is 0 Å². The van der Waals surface area contributed by atoms with Crippen molar-refractivity contribution >= 4 is 4.02 Å². The fourth-order valence-electron chi connectivity index (χ4n) is 0.688. The third-order valence-corrected chi connectivity index (χ3v) is 2.29. The summed E-state index contributed by atoms with van der Waals surface area (Å²) in [6, 6.07) is 0. The number of hydrogen-bond acceptors (Lipinski definition) is 1. The van der Waals surface area contributed by atoms with Crippen LogP contribution in [0.2, 0.25) is 0 Å². The van der Waals surface area contributed by atoms with E-state index in [1.807, 2.05) is 0 Å². The third-order valence-electron chi connectivity index (χ3n) is 1.14. The van der Waals surface area contributed by atoms with Gasteiger partial charge in [0.15, 0.2) is 0 Å². The predicted molar refractivity (Wildman–Crippen MR) is 31.1 cm³/mol. The summed E-state index contributed by atoms with van der Waals surface area (Å²) in [6.45, 7) is 0. The Balaban J connectivity index is 2.41. The Morgan fingerprint density at radius 3 is 3.38 bits per heavy atom. The predicted octanol–water partition coefficient (Wildman–Crippen LogP) is 0.950. The monoisotopic (exact) mass is 279 g/mol. The van der Waals surface area contributed by atoms with E-state index < -0.39 is 0 Å². The van der Waals surface area contributed by atoms with Crippen LogP contribution in [0, 0.1) is 0 Å². The van der Waals surface area contributed by atoms with Gasteiger partial charge in [-0.2, -0.15) is 0 Å². The van der Waals surface area contributed by atoms with E-state index in [-0.39, 0.29) is 0 Å². The summed E-state index contributed by atoms with van der Waals surface area (Å²) in [6.07, 6.45) is 8.07. The average molecular weight is 279 g/mol. The van der Waals surface area contributed by atoms with Crippen LogP contribution in [0.4, 0.5) is 0 Å². The molecule has 1 aliphatic rings. The minimum absolute atomic E-state index is 1.24. The molecule has 0 amide bonds. The van der Waals surface area contributed by atoms with Crippen molar-refractivity contribution in [3.63, 3.8) is 0 Å². The fraction of sp³-hybridized carbons (Fsp3) is 0.500. The molecule has 0 aromatic heterocycles. The molecule has 8 heavy (non-hydrogen) atoms. The van der Waals surface area contributed by atoms with Crippen LogP contribution in [-0.2, 0) is 19.4 Å². The molecule has 0 spiro atoms. The zero-order valence-corrected chi connectivity index (χ0v) is 7.62. The van der Waals surface area contributed by atoms with E-state index in [1.54, 1.807) is 19.4 Å². The van der Waals surface area contributed by atoms with Gasteiger partial charge in [0.1, 0.15) is 0 Å². The zero-order valence-electron chi connectivity index (χ0n) is 4.68. The number of nitrogens with one attached hydrogen (secondary N) is 1. The van der Waals surface area contributed by atoms with Crippen LogP contribution in [0.15, 0.2) is 12.3 Å². The van der Waals surface area contributed by atoms with Gasteiger partial charge in [-0.25, -0.2) is 0 Å². The Labute approximate surface area is 60.6 Å². The Hall–Kier alpha value is 0.0983. The van der Waals surface area contributed by atoms with Crippen molar-refractivity contribution in [3.8, 4) is 0 Å². The first-order valence-corrected chi connectivity index (χ1v) is 4.30. The van der Waals surface area contributed by atoms with Gasteiger partial charge < -0.3 is 0 Å². The second kappa shape index (κ2) is 3.19. The van der Waals surface area contributed by atoms with Gasteiger partial charge in [0.2, 0.25) is 0 Å². The topological polar surface area (TPSA) is 12.0 Å². The van der Waals surface area contributed by atoms with Crippen molar-refractivity contribution in [2.75, 3.05) is 0 Å². The minimum atomic E-state index is 1.24. The molecule has 0 atom stereocenters. The van der Waals surface area contributed by atoms with Crippen molar-refractivity contribution in [2.24, 2.45) is 0 Å². The molecule has 0 saturated heterocycles. The molecule has 0 aliphatic carbocycles. The number of allylic oxidation sites excluding steroid dienone is 1. The van der Waals surface area contributed by atoms with Gasteiger partial charge in [0.05, 0.1) is 0 Å². The summed E-state index contributed by atoms with van der Waals surface area (Å²) in [4.78, 5) is 0. The maximum atomic E-state index is 3.22. The maximum absolute atomic E-state index is 3.22. The van der Waals surface area contributed by atoms with Crippen molar-refractivity contribution in [1.82, 2.24) is 5.32 Å². The van der Waals surface area contributed by atoms with E-state index in [4.69, 9.17) is 0 Å². The molecule has 1 rings (SSSR count). The SMILES string of the molecule is [W]=[C]1CCCC=CN1. The molecule has 0 unspecified atom stereocenters. The molecule has 1 N–H and O–H groups in total. The summed E-state index contributed by atoms with van der Waals surface area (Å²) >= 11 is 1.58. The van der Waals surface area contributed by atoms with E-state index in [1.165, 1.54) is 23.3 Å². The van der Waals surface area contributed by atoms with Gasteiger partial charge in [-0.05, 0) is 0 Å².